The summed E-state index contributed by atoms with van der Waals surface area (Å²) in [5, 5.41) is 18.5. The maximum atomic E-state index is 10.5. The van der Waals surface area contributed by atoms with E-state index in [-0.39, 0.29) is 17.9 Å². The van der Waals surface area contributed by atoms with Gasteiger partial charge in [-0.2, -0.15) is 0 Å². The van der Waals surface area contributed by atoms with Crippen molar-refractivity contribution in [3.8, 4) is 17.2 Å². The molecule has 0 spiro atoms. The lowest BCUT2D eigenvalue weighted by atomic mass is 10.1. The normalized spacial score (nSPS) is 10.1. The molecule has 0 aliphatic rings. The van der Waals surface area contributed by atoms with Gasteiger partial charge in [0.2, 0.25) is 5.75 Å². The highest BCUT2D eigenvalue weighted by Crippen LogP contribution is 2.44. The molecule has 94 valence electrons. The number of carbonyl (C=O) groups is 1. The second kappa shape index (κ2) is 5.77. The molecule has 0 aliphatic carbocycles. The Bertz CT molecular complexity index is 430. The molecule has 0 unspecified atom stereocenters. The summed E-state index contributed by atoms with van der Waals surface area (Å²) < 4.78 is 10.5. The van der Waals surface area contributed by atoms with Crippen LogP contribution in [-0.2, 0) is 11.2 Å². The topological polar surface area (TPSA) is 76.0 Å². The number of carboxylic acids is 1. The number of hydrogen-bond acceptors (Lipinski definition) is 4. The van der Waals surface area contributed by atoms with E-state index in [1.54, 1.807) is 6.07 Å². The monoisotopic (exact) mass is 304 g/mol. The van der Waals surface area contributed by atoms with Gasteiger partial charge in [0.05, 0.1) is 18.7 Å². The van der Waals surface area contributed by atoms with Gasteiger partial charge in [-0.15, -0.1) is 0 Å². The van der Waals surface area contributed by atoms with Crippen molar-refractivity contribution in [3.63, 3.8) is 0 Å². The summed E-state index contributed by atoms with van der Waals surface area (Å²) in [4.78, 5) is 10.5. The molecule has 0 aromatic heterocycles. The predicted octanol–water partition coefficient (Wildman–Crippen LogP) is 2.19. The molecule has 0 radical (unpaired) electrons. The number of hydrogen-bond donors (Lipinski definition) is 2. The molecule has 0 fully saturated rings. The van der Waals surface area contributed by atoms with Gasteiger partial charge in [0.1, 0.15) is 0 Å². The number of benzene rings is 1. The van der Waals surface area contributed by atoms with Crippen LogP contribution in [-0.4, -0.2) is 30.4 Å². The molecule has 1 aromatic carbocycles. The molecule has 0 bridgehead atoms. The summed E-state index contributed by atoms with van der Waals surface area (Å²) in [7, 11) is 2.87. The number of phenols is 1. The minimum absolute atomic E-state index is 0.0203. The number of ether oxygens (including phenoxy) is 2. The van der Waals surface area contributed by atoms with Crippen LogP contribution in [0.25, 0.3) is 0 Å². The number of halogens is 1. The van der Waals surface area contributed by atoms with Crippen LogP contribution < -0.4 is 9.47 Å². The van der Waals surface area contributed by atoms with Crippen LogP contribution >= 0.6 is 15.9 Å². The maximum absolute atomic E-state index is 10.5. The van der Waals surface area contributed by atoms with Crippen molar-refractivity contribution >= 4 is 21.9 Å². The first-order chi connectivity index (χ1) is 8.01. The molecule has 6 heteroatoms. The molecule has 1 rings (SSSR count). The summed E-state index contributed by atoms with van der Waals surface area (Å²) in [6.45, 7) is 0. The Balaban J connectivity index is 3.15. The lowest BCUT2D eigenvalue weighted by Crippen LogP contribution is -2.00. The Morgan fingerprint density at radius 2 is 2.06 bits per heavy atom. The number of aliphatic carboxylic acids is 1. The molecule has 1 aromatic rings. The highest BCUT2D eigenvalue weighted by atomic mass is 79.9. The average Bonchev–Trinajstić information content (AvgIpc) is 2.30. The van der Waals surface area contributed by atoms with Crippen LogP contribution in [0.5, 0.6) is 17.2 Å². The van der Waals surface area contributed by atoms with Crippen molar-refractivity contribution in [1.82, 2.24) is 0 Å². The molecule has 2 N–H and O–H groups in total. The van der Waals surface area contributed by atoms with Crippen molar-refractivity contribution in [3.05, 3.63) is 16.1 Å². The first-order valence-electron chi connectivity index (χ1n) is 4.85. The molecule has 17 heavy (non-hydrogen) atoms. The van der Waals surface area contributed by atoms with Crippen molar-refractivity contribution in [2.24, 2.45) is 0 Å². The van der Waals surface area contributed by atoms with Gasteiger partial charge in [0, 0.05) is 6.42 Å². The van der Waals surface area contributed by atoms with Gasteiger partial charge in [-0.05, 0) is 34.0 Å². The molecule has 0 amide bonds. The smallest absolute Gasteiger partial charge is 0.303 e. The molecule has 0 atom stereocenters. The quantitative estimate of drug-likeness (QED) is 0.872. The Hall–Kier alpha value is -1.43. The van der Waals surface area contributed by atoms with Crippen molar-refractivity contribution in [2.45, 2.75) is 12.8 Å². The zero-order valence-electron chi connectivity index (χ0n) is 9.49. The number of aryl methyl sites for hydroxylation is 1. The van der Waals surface area contributed by atoms with Crippen LogP contribution in [0.3, 0.4) is 0 Å². The zero-order chi connectivity index (χ0) is 13.0. The van der Waals surface area contributed by atoms with Gasteiger partial charge >= 0.3 is 5.97 Å². The lowest BCUT2D eigenvalue weighted by molar-refractivity contribution is -0.136. The van der Waals surface area contributed by atoms with Crippen molar-refractivity contribution < 1.29 is 24.5 Å². The van der Waals surface area contributed by atoms with Gasteiger partial charge in [0.25, 0.3) is 0 Å². The Morgan fingerprint density at radius 3 is 2.53 bits per heavy atom. The molecule has 0 aliphatic heterocycles. The van der Waals surface area contributed by atoms with E-state index in [9.17, 15) is 9.90 Å². The van der Waals surface area contributed by atoms with E-state index >= 15 is 0 Å². The van der Waals surface area contributed by atoms with E-state index in [4.69, 9.17) is 14.6 Å². The SMILES string of the molecule is COc1cc(CCC(=O)O)c(Br)c(O)c1OC. The van der Waals surface area contributed by atoms with Crippen LogP contribution in [0.4, 0.5) is 0 Å². The standard InChI is InChI=1S/C11H13BrO5/c1-16-7-5-6(3-4-8(13)14)9(12)10(15)11(7)17-2/h5,15H,3-4H2,1-2H3,(H,13,14). The number of phenolic OH excluding ortho intramolecular Hbond substituents is 1. The van der Waals surface area contributed by atoms with Crippen LogP contribution in [0.15, 0.2) is 10.5 Å². The van der Waals surface area contributed by atoms with Gasteiger partial charge < -0.3 is 19.7 Å². The Kier molecular flexibility index (Phi) is 4.62. The number of carboxylic acid groups (broad SMARTS) is 1. The molecular formula is C11H13BrO5. The summed E-state index contributed by atoms with van der Waals surface area (Å²) in [6, 6.07) is 1.64. The second-order valence-corrected chi connectivity index (χ2v) is 4.12. The Morgan fingerprint density at radius 1 is 1.41 bits per heavy atom. The van der Waals surface area contributed by atoms with Gasteiger partial charge in [-0.3, -0.25) is 4.79 Å². The highest BCUT2D eigenvalue weighted by Gasteiger charge is 2.17. The minimum Gasteiger partial charge on any atom is -0.503 e. The maximum Gasteiger partial charge on any atom is 0.303 e. The summed E-state index contributed by atoms with van der Waals surface area (Å²) >= 11 is 3.21. The summed E-state index contributed by atoms with van der Waals surface area (Å²) in [6.07, 6.45) is 0.275. The highest BCUT2D eigenvalue weighted by molar-refractivity contribution is 9.10. The fourth-order valence-corrected chi connectivity index (χ4v) is 1.92. The largest absolute Gasteiger partial charge is 0.503 e. The molecule has 5 nitrogen and oxygen atoms in total. The van der Waals surface area contributed by atoms with Gasteiger partial charge in [-0.25, -0.2) is 0 Å². The molecule has 0 saturated heterocycles. The van der Waals surface area contributed by atoms with E-state index in [1.807, 2.05) is 0 Å². The number of rotatable bonds is 5. The first-order valence-corrected chi connectivity index (χ1v) is 5.64. The fourth-order valence-electron chi connectivity index (χ4n) is 1.43. The molecule has 0 saturated carbocycles. The van der Waals surface area contributed by atoms with Crippen molar-refractivity contribution in [1.29, 1.82) is 0 Å². The van der Waals surface area contributed by atoms with Gasteiger partial charge in [-0.1, -0.05) is 0 Å². The third-order valence-electron chi connectivity index (χ3n) is 2.27. The van der Waals surface area contributed by atoms with Crippen LogP contribution in [0.2, 0.25) is 0 Å². The van der Waals surface area contributed by atoms with E-state index in [0.717, 1.165) is 0 Å². The van der Waals surface area contributed by atoms with Crippen molar-refractivity contribution in [2.75, 3.05) is 14.2 Å². The molecular weight excluding hydrogens is 292 g/mol. The Labute approximate surface area is 107 Å². The minimum atomic E-state index is -0.897. The number of methoxy groups -OCH3 is 2. The summed E-state index contributed by atoms with van der Waals surface area (Å²) in [5.74, 6) is -0.398. The van der Waals surface area contributed by atoms with Crippen LogP contribution in [0, 0.1) is 0 Å². The van der Waals surface area contributed by atoms with Crippen LogP contribution in [0.1, 0.15) is 12.0 Å². The number of aromatic hydroxyl groups is 1. The van der Waals surface area contributed by atoms with E-state index in [2.05, 4.69) is 15.9 Å². The first kappa shape index (κ1) is 13.6. The third kappa shape index (κ3) is 3.03. The zero-order valence-corrected chi connectivity index (χ0v) is 11.1. The second-order valence-electron chi connectivity index (χ2n) is 3.33. The lowest BCUT2D eigenvalue weighted by Gasteiger charge is -2.13. The predicted molar refractivity (Wildman–Crippen MR) is 64.9 cm³/mol. The summed E-state index contributed by atoms with van der Waals surface area (Å²) in [5.41, 5.74) is 0.655. The molecule has 0 heterocycles. The average molecular weight is 305 g/mol. The fraction of sp³-hybridized carbons (Fsp3) is 0.364. The van der Waals surface area contributed by atoms with E-state index in [0.29, 0.717) is 22.2 Å². The van der Waals surface area contributed by atoms with Gasteiger partial charge in [0.15, 0.2) is 11.5 Å². The third-order valence-corrected chi connectivity index (χ3v) is 3.15. The van der Waals surface area contributed by atoms with E-state index in [1.165, 1.54) is 14.2 Å². The van der Waals surface area contributed by atoms with E-state index < -0.39 is 5.97 Å².